The van der Waals surface area contributed by atoms with Gasteiger partial charge in [0.05, 0.1) is 24.9 Å². The Kier molecular flexibility index (Phi) is 15.6. The molecule has 3 aliphatic rings. The number of hydrogen-bond donors (Lipinski definition) is 3. The second-order valence-corrected chi connectivity index (χ2v) is 35.7. The number of carbonyl (C=O) groups excluding carboxylic acids is 1. The highest BCUT2D eigenvalue weighted by Crippen LogP contribution is 2.58. The molecule has 0 radical (unpaired) electrons. The minimum Gasteiger partial charge on any atom is -0.408 e. The Morgan fingerprint density at radius 2 is 1.58 bits per heavy atom. The Labute approximate surface area is 412 Å². The summed E-state index contributed by atoms with van der Waals surface area (Å²) in [6.07, 6.45) is -5.18. The first kappa shape index (κ1) is 53.7. The van der Waals surface area contributed by atoms with Crippen LogP contribution in [0.25, 0.3) is 27.0 Å². The van der Waals surface area contributed by atoms with Crippen molar-refractivity contribution in [2.45, 2.75) is 141 Å². The second-order valence-electron chi connectivity index (χ2n) is 20.4. The van der Waals surface area contributed by atoms with Crippen molar-refractivity contribution in [1.29, 1.82) is 0 Å². The summed E-state index contributed by atoms with van der Waals surface area (Å²) in [4.78, 5) is 76.2. The van der Waals surface area contributed by atoms with Crippen molar-refractivity contribution in [3.05, 3.63) is 63.1 Å². The lowest BCUT2D eigenvalue weighted by atomic mass is 10.1. The number of imidazole rings is 1. The van der Waals surface area contributed by atoms with Crippen molar-refractivity contribution in [2.75, 3.05) is 31.7 Å². The largest absolute Gasteiger partial charge is 0.408 e. The third kappa shape index (κ3) is 11.4. The number of hydrogen-bond acceptors (Lipinski definition) is 18. The predicted octanol–water partition coefficient (Wildman–Crippen LogP) is 6.29. The van der Waals surface area contributed by atoms with E-state index in [0.29, 0.717) is 0 Å². The van der Waals surface area contributed by atoms with Gasteiger partial charge in [0.15, 0.2) is 45.9 Å². The second kappa shape index (κ2) is 20.1. The van der Waals surface area contributed by atoms with Gasteiger partial charge >= 0.3 is 13.4 Å². The van der Waals surface area contributed by atoms with Gasteiger partial charge < -0.3 is 41.6 Å². The lowest BCUT2D eigenvalue weighted by Crippen LogP contribution is -2.50. The highest BCUT2D eigenvalue weighted by molar-refractivity contribution is 8.07. The lowest BCUT2D eigenvalue weighted by Gasteiger charge is -2.41. The summed E-state index contributed by atoms with van der Waals surface area (Å²) in [5.74, 6) is -0.958. The lowest BCUT2D eigenvalue weighted by molar-refractivity contribution is -0.118. The fourth-order valence-corrected chi connectivity index (χ4v) is 13.3. The summed E-state index contributed by atoms with van der Waals surface area (Å²) >= 11 is 12.0. The van der Waals surface area contributed by atoms with Crippen molar-refractivity contribution in [3.63, 3.8) is 0 Å². The zero-order chi connectivity index (χ0) is 50.6. The molecule has 7 rings (SSSR count). The molecule has 0 saturated carbocycles. The van der Waals surface area contributed by atoms with E-state index in [2.05, 4.69) is 55.9 Å². The molecule has 69 heavy (non-hydrogen) atoms. The van der Waals surface area contributed by atoms with E-state index < -0.39 is 115 Å². The number of nitrogens with zero attached hydrogens (tertiary/aromatic N) is 7. The van der Waals surface area contributed by atoms with Crippen LogP contribution in [0.1, 0.15) is 67.8 Å². The number of anilines is 1. The smallest absolute Gasteiger partial charge is 0.328 e. The molecule has 3 saturated heterocycles. The van der Waals surface area contributed by atoms with Crippen LogP contribution in [-0.4, -0.2) is 124 Å². The number of H-pyrrole nitrogens is 1. The average Bonchev–Trinajstić information content (AvgIpc) is 3.91. The SMILES string of the molecule is [C-]#[N+]CCOP1(=S)OC[C@H]2O[C@@H](n3cnc4ncccc4c3=O)[C@H](O[Si](C)(C)C(C)(C)C)[C@@H]2OP(O)(=S)OC[C@H]2O[C@@H](n3cnc4c(=O)[nH]c(NC(=O)C(C)C)nc43)[C@H](O1)[C@@H]2O[Si](C)(C)C(C)(C)C. The summed E-state index contributed by atoms with van der Waals surface area (Å²) in [6.45, 7) is 21.8. The Morgan fingerprint density at radius 1 is 0.942 bits per heavy atom. The Balaban J connectivity index is 1.36. The van der Waals surface area contributed by atoms with Crippen LogP contribution in [0.2, 0.25) is 36.3 Å². The van der Waals surface area contributed by atoms with Crippen molar-refractivity contribution < 1.29 is 50.6 Å². The van der Waals surface area contributed by atoms with Gasteiger partial charge in [0, 0.05) is 12.1 Å². The number of nitrogens with one attached hydrogen (secondary N) is 2. The molecule has 1 amide bonds. The van der Waals surface area contributed by atoms with Crippen molar-refractivity contribution >= 4 is 87.7 Å². The van der Waals surface area contributed by atoms with Crippen LogP contribution in [0.15, 0.2) is 40.6 Å². The average molecular weight is 1070 g/mol. The first-order valence-electron chi connectivity index (χ1n) is 22.4. The summed E-state index contributed by atoms with van der Waals surface area (Å²) in [5, 5.41) is 2.15. The van der Waals surface area contributed by atoms with Gasteiger partial charge in [0.25, 0.3) is 11.1 Å². The van der Waals surface area contributed by atoms with Crippen LogP contribution in [-0.2, 0) is 69.4 Å². The molecule has 7 heterocycles. The third-order valence-corrected chi connectivity index (χ3v) is 26.0. The van der Waals surface area contributed by atoms with Gasteiger partial charge in [-0.2, -0.15) is 4.98 Å². The molecule has 28 heteroatoms. The minimum absolute atomic E-state index is 0.0131. The summed E-state index contributed by atoms with van der Waals surface area (Å²) in [6, 6.07) is 3.23. The monoisotopic (exact) mass is 1070 g/mol. The maximum atomic E-state index is 14.2. The molecule has 3 aliphatic heterocycles. The standard InChI is InChI=1S/C41H61N9O13P2S2Si2/c1-23(2)34(51)47-39-46-33-27(35(52)48-39)44-21-49(33)37-30-29(62-68(10,11)40(3,4)5)26(59-37)19-56-64(54,66)60-28-25(20-57-65(67,61-30)55-18-17-42-9)58-38(31(28)63-69(12,13)41(6,7)8)50-22-45-32-24(36(50)53)15-14-16-43-32/h14-16,21-23,25-26,28-31,37-38H,17-20H2,1-8,10-13H3,(H,54,66)(H2,46,47,48,51,52)/t25-,26-,28-,29-,30-,31-,37-,38-,64?,65?/m1/s1. The number of aromatic amines is 1. The molecule has 0 aliphatic carbocycles. The Morgan fingerprint density at radius 3 is 2.23 bits per heavy atom. The number of rotatable bonds is 11. The van der Waals surface area contributed by atoms with Gasteiger partial charge in [0.1, 0.15) is 49.6 Å². The van der Waals surface area contributed by atoms with Crippen molar-refractivity contribution in [3.8, 4) is 0 Å². The number of pyridine rings is 1. The van der Waals surface area contributed by atoms with E-state index >= 15 is 0 Å². The van der Waals surface area contributed by atoms with E-state index in [0.717, 1.165) is 0 Å². The zero-order valence-corrected chi connectivity index (χ0v) is 46.0. The zero-order valence-electron chi connectivity index (χ0n) is 40.6. The molecule has 10 atom stereocenters. The topological polar surface area (TPSA) is 248 Å². The van der Waals surface area contributed by atoms with E-state index in [1.54, 1.807) is 26.0 Å². The molecular weight excluding hydrogens is 1010 g/mol. The quantitative estimate of drug-likeness (QED) is 0.0646. The van der Waals surface area contributed by atoms with Crippen molar-refractivity contribution in [2.24, 2.45) is 5.92 Å². The minimum atomic E-state index is -4.33. The molecular formula is C41H61N9O13P2S2Si2. The maximum absolute atomic E-state index is 14.2. The van der Waals surface area contributed by atoms with Crippen LogP contribution in [0.4, 0.5) is 5.95 Å². The van der Waals surface area contributed by atoms with Gasteiger partial charge in [-0.3, -0.25) is 42.9 Å². The molecule has 2 unspecified atom stereocenters. The van der Waals surface area contributed by atoms with E-state index in [1.165, 1.54) is 28.0 Å². The number of fused-ring (bicyclic) bond motifs is 5. The molecule has 4 aromatic rings. The van der Waals surface area contributed by atoms with E-state index in [9.17, 15) is 19.3 Å². The normalized spacial score (nSPS) is 29.6. The molecule has 3 N–H and O–H groups in total. The molecule has 2 bridgehead atoms. The van der Waals surface area contributed by atoms with Crippen LogP contribution in [0, 0.1) is 12.5 Å². The molecule has 4 aromatic heterocycles. The van der Waals surface area contributed by atoms with E-state index in [-0.39, 0.29) is 51.4 Å². The van der Waals surface area contributed by atoms with Gasteiger partial charge in [-0.05, 0) is 72.0 Å². The Bertz CT molecular complexity index is 2830. The summed E-state index contributed by atoms with van der Waals surface area (Å²) in [7, 11) is -5.55. The van der Waals surface area contributed by atoms with Crippen LogP contribution < -0.4 is 16.4 Å². The van der Waals surface area contributed by atoms with Gasteiger partial charge in [0.2, 0.25) is 18.4 Å². The summed E-state index contributed by atoms with van der Waals surface area (Å²) in [5.41, 5.74) is -0.955. The molecule has 0 aromatic carbocycles. The highest BCUT2D eigenvalue weighted by atomic mass is 32.5. The van der Waals surface area contributed by atoms with Gasteiger partial charge in [-0.25, -0.2) is 21.5 Å². The van der Waals surface area contributed by atoms with E-state index in [4.69, 9.17) is 71.1 Å². The number of carbonyl (C=O) groups is 1. The van der Waals surface area contributed by atoms with Crippen LogP contribution >= 0.6 is 13.4 Å². The summed E-state index contributed by atoms with van der Waals surface area (Å²) < 4.78 is 62.9. The van der Waals surface area contributed by atoms with Gasteiger partial charge in [-0.15, -0.1) is 0 Å². The molecule has 0 spiro atoms. The van der Waals surface area contributed by atoms with Crippen LogP contribution in [0.5, 0.6) is 0 Å². The van der Waals surface area contributed by atoms with Crippen LogP contribution in [0.3, 0.4) is 0 Å². The number of amides is 1. The molecule has 22 nitrogen and oxygen atoms in total. The van der Waals surface area contributed by atoms with E-state index in [1.807, 2.05) is 47.0 Å². The third-order valence-electron chi connectivity index (χ3n) is 13.1. The Hall–Kier alpha value is -3.07. The number of aromatic nitrogens is 7. The van der Waals surface area contributed by atoms with Gasteiger partial charge in [-0.1, -0.05) is 55.4 Å². The van der Waals surface area contributed by atoms with Crippen molar-refractivity contribution in [1.82, 2.24) is 34.1 Å². The predicted molar refractivity (Wildman–Crippen MR) is 267 cm³/mol. The first-order valence-corrected chi connectivity index (χ1v) is 33.3. The number of ether oxygens (including phenoxy) is 2. The maximum Gasteiger partial charge on any atom is 0.328 e. The fourth-order valence-electron chi connectivity index (χ4n) is 7.22. The fraction of sp³-hybridized carbons (Fsp3) is 0.659. The highest BCUT2D eigenvalue weighted by Gasteiger charge is 2.57. The molecule has 378 valence electrons. The first-order chi connectivity index (χ1) is 32.1. The molecule has 3 fully saturated rings.